The van der Waals surface area contributed by atoms with E-state index in [1.165, 1.54) is 24.2 Å². The third-order valence-corrected chi connectivity index (χ3v) is 4.29. The van der Waals surface area contributed by atoms with E-state index in [0.717, 1.165) is 22.6 Å². The van der Waals surface area contributed by atoms with Crippen LogP contribution in [0.15, 0.2) is 58.7 Å². The standard InChI is InChI=1S/C17H14F2N4S/c1-10-2-5-12(6-3-10)24-17-15(20)16(21-9-22-17)23-11-4-7-13(18)14(19)8-11/h2-9H,20H2,1H3,(H,21,22,23). The van der Waals surface area contributed by atoms with Gasteiger partial charge in [-0.05, 0) is 31.2 Å². The van der Waals surface area contributed by atoms with Crippen LogP contribution < -0.4 is 11.1 Å². The molecule has 0 aliphatic rings. The second kappa shape index (κ2) is 6.84. The molecule has 24 heavy (non-hydrogen) atoms. The largest absolute Gasteiger partial charge is 0.394 e. The molecule has 0 saturated heterocycles. The maximum absolute atomic E-state index is 13.3. The van der Waals surface area contributed by atoms with Crippen molar-refractivity contribution < 1.29 is 8.78 Å². The molecule has 0 aliphatic carbocycles. The predicted octanol–water partition coefficient (Wildman–Crippen LogP) is 4.54. The molecule has 0 unspecified atom stereocenters. The molecule has 3 N–H and O–H groups in total. The number of anilines is 3. The van der Waals surface area contributed by atoms with Crippen LogP contribution in [0.5, 0.6) is 0 Å². The van der Waals surface area contributed by atoms with E-state index in [4.69, 9.17) is 5.73 Å². The average Bonchev–Trinajstić information content (AvgIpc) is 2.57. The third kappa shape index (κ3) is 3.62. The Labute approximate surface area is 142 Å². The number of nitrogens with two attached hydrogens (primary N) is 1. The number of benzene rings is 2. The molecular formula is C17H14F2N4S. The molecule has 0 fully saturated rings. The Kier molecular flexibility index (Phi) is 4.61. The fraction of sp³-hybridized carbons (Fsp3) is 0.0588. The smallest absolute Gasteiger partial charge is 0.160 e. The van der Waals surface area contributed by atoms with Crippen molar-refractivity contribution in [2.45, 2.75) is 16.8 Å². The number of aromatic nitrogens is 2. The number of hydrogen-bond donors (Lipinski definition) is 2. The van der Waals surface area contributed by atoms with Gasteiger partial charge in [-0.2, -0.15) is 0 Å². The van der Waals surface area contributed by atoms with Crippen molar-refractivity contribution in [3.05, 3.63) is 66.0 Å². The summed E-state index contributed by atoms with van der Waals surface area (Å²) in [6, 6.07) is 11.4. The highest BCUT2D eigenvalue weighted by Crippen LogP contribution is 2.34. The van der Waals surface area contributed by atoms with Crippen molar-refractivity contribution >= 4 is 29.0 Å². The van der Waals surface area contributed by atoms with Gasteiger partial charge in [-0.25, -0.2) is 18.7 Å². The zero-order valence-electron chi connectivity index (χ0n) is 12.8. The summed E-state index contributed by atoms with van der Waals surface area (Å²) in [6.45, 7) is 2.01. The topological polar surface area (TPSA) is 63.8 Å². The molecule has 0 bridgehead atoms. The van der Waals surface area contributed by atoms with Crippen LogP contribution in [0.4, 0.5) is 26.0 Å². The van der Waals surface area contributed by atoms with E-state index in [0.29, 0.717) is 22.2 Å². The van der Waals surface area contributed by atoms with E-state index in [2.05, 4.69) is 15.3 Å². The fourth-order valence-electron chi connectivity index (χ4n) is 1.99. The van der Waals surface area contributed by atoms with Gasteiger partial charge in [0.15, 0.2) is 17.5 Å². The van der Waals surface area contributed by atoms with Crippen molar-refractivity contribution in [3.8, 4) is 0 Å². The minimum atomic E-state index is -0.943. The lowest BCUT2D eigenvalue weighted by molar-refractivity contribution is 0.509. The van der Waals surface area contributed by atoms with Crippen LogP contribution in [0.1, 0.15) is 5.56 Å². The monoisotopic (exact) mass is 344 g/mol. The molecule has 3 aromatic rings. The predicted molar refractivity (Wildman–Crippen MR) is 91.4 cm³/mol. The van der Waals surface area contributed by atoms with Crippen LogP contribution >= 0.6 is 11.8 Å². The summed E-state index contributed by atoms with van der Waals surface area (Å²) in [4.78, 5) is 9.24. The first-order valence-electron chi connectivity index (χ1n) is 7.10. The average molecular weight is 344 g/mol. The zero-order valence-corrected chi connectivity index (χ0v) is 13.6. The lowest BCUT2D eigenvalue weighted by Gasteiger charge is -2.11. The van der Waals surface area contributed by atoms with E-state index in [1.807, 2.05) is 31.2 Å². The quantitative estimate of drug-likeness (QED) is 0.680. The normalized spacial score (nSPS) is 10.6. The Hall–Kier alpha value is -2.67. The van der Waals surface area contributed by atoms with Crippen molar-refractivity contribution in [1.29, 1.82) is 0 Å². The van der Waals surface area contributed by atoms with Gasteiger partial charge in [0.2, 0.25) is 0 Å². The Morgan fingerprint density at radius 3 is 2.46 bits per heavy atom. The molecule has 3 rings (SSSR count). The van der Waals surface area contributed by atoms with Gasteiger partial charge in [0, 0.05) is 16.6 Å². The van der Waals surface area contributed by atoms with Crippen molar-refractivity contribution in [3.63, 3.8) is 0 Å². The molecular weight excluding hydrogens is 330 g/mol. The van der Waals surface area contributed by atoms with E-state index >= 15 is 0 Å². The second-order valence-corrected chi connectivity index (χ2v) is 6.17. The van der Waals surface area contributed by atoms with Gasteiger partial charge in [0.25, 0.3) is 0 Å². The molecule has 0 amide bonds. The first-order chi connectivity index (χ1) is 11.5. The number of nitrogens with zero attached hydrogens (tertiary/aromatic N) is 2. The second-order valence-electron chi connectivity index (χ2n) is 5.11. The number of halogens is 2. The lowest BCUT2D eigenvalue weighted by Crippen LogP contribution is -2.02. The molecule has 0 saturated carbocycles. The van der Waals surface area contributed by atoms with Gasteiger partial charge in [0.05, 0.1) is 0 Å². The molecule has 1 aromatic heterocycles. The maximum Gasteiger partial charge on any atom is 0.160 e. The molecule has 122 valence electrons. The van der Waals surface area contributed by atoms with Gasteiger partial charge in [0.1, 0.15) is 17.0 Å². The summed E-state index contributed by atoms with van der Waals surface area (Å²) in [5.74, 6) is -1.51. The van der Waals surface area contributed by atoms with E-state index in [1.54, 1.807) is 0 Å². The maximum atomic E-state index is 13.3. The van der Waals surface area contributed by atoms with E-state index in [9.17, 15) is 8.78 Å². The summed E-state index contributed by atoms with van der Waals surface area (Å²) < 4.78 is 26.3. The number of aryl methyl sites for hydroxylation is 1. The Balaban J connectivity index is 1.84. The van der Waals surface area contributed by atoms with Crippen LogP contribution in [-0.2, 0) is 0 Å². The minimum absolute atomic E-state index is 0.339. The number of nitrogen functional groups attached to an aromatic ring is 1. The van der Waals surface area contributed by atoms with Gasteiger partial charge in [-0.3, -0.25) is 0 Å². The molecule has 0 aliphatic heterocycles. The van der Waals surface area contributed by atoms with Crippen LogP contribution in [0.2, 0.25) is 0 Å². The highest BCUT2D eigenvalue weighted by atomic mass is 32.2. The Morgan fingerprint density at radius 1 is 1.00 bits per heavy atom. The van der Waals surface area contributed by atoms with Crippen molar-refractivity contribution in [2.24, 2.45) is 0 Å². The van der Waals surface area contributed by atoms with Crippen LogP contribution in [0, 0.1) is 18.6 Å². The fourth-order valence-corrected chi connectivity index (χ4v) is 2.79. The van der Waals surface area contributed by atoms with Crippen LogP contribution in [0.25, 0.3) is 0 Å². The first-order valence-corrected chi connectivity index (χ1v) is 7.91. The van der Waals surface area contributed by atoms with Gasteiger partial charge < -0.3 is 11.1 Å². The summed E-state index contributed by atoms with van der Waals surface area (Å²) >= 11 is 1.40. The third-order valence-electron chi connectivity index (χ3n) is 3.27. The lowest BCUT2D eigenvalue weighted by atomic mass is 10.2. The Morgan fingerprint density at radius 2 is 1.75 bits per heavy atom. The highest BCUT2D eigenvalue weighted by molar-refractivity contribution is 7.99. The Bertz CT molecular complexity index is 869. The minimum Gasteiger partial charge on any atom is -0.394 e. The molecule has 0 radical (unpaired) electrons. The van der Waals surface area contributed by atoms with E-state index in [-0.39, 0.29) is 0 Å². The van der Waals surface area contributed by atoms with Crippen molar-refractivity contribution in [2.75, 3.05) is 11.1 Å². The van der Waals surface area contributed by atoms with Gasteiger partial charge >= 0.3 is 0 Å². The molecule has 0 spiro atoms. The number of nitrogens with one attached hydrogen (secondary N) is 1. The summed E-state index contributed by atoms with van der Waals surface area (Å²) in [6.07, 6.45) is 1.37. The van der Waals surface area contributed by atoms with Crippen molar-refractivity contribution in [1.82, 2.24) is 9.97 Å². The van der Waals surface area contributed by atoms with Crippen LogP contribution in [-0.4, -0.2) is 9.97 Å². The highest BCUT2D eigenvalue weighted by Gasteiger charge is 2.11. The molecule has 1 heterocycles. The molecule has 4 nitrogen and oxygen atoms in total. The molecule has 2 aromatic carbocycles. The summed E-state index contributed by atoms with van der Waals surface area (Å²) in [5.41, 5.74) is 7.96. The first kappa shape index (κ1) is 16.2. The van der Waals surface area contributed by atoms with Gasteiger partial charge in [-0.15, -0.1) is 0 Å². The van der Waals surface area contributed by atoms with Gasteiger partial charge in [-0.1, -0.05) is 29.5 Å². The summed E-state index contributed by atoms with van der Waals surface area (Å²) in [5, 5.41) is 3.46. The van der Waals surface area contributed by atoms with Crippen LogP contribution in [0.3, 0.4) is 0 Å². The van der Waals surface area contributed by atoms with E-state index < -0.39 is 11.6 Å². The summed E-state index contributed by atoms with van der Waals surface area (Å²) in [7, 11) is 0. The number of rotatable bonds is 4. The SMILES string of the molecule is Cc1ccc(Sc2ncnc(Nc3ccc(F)c(F)c3)c2N)cc1. The molecule has 7 heteroatoms. The number of hydrogen-bond acceptors (Lipinski definition) is 5. The molecule has 0 atom stereocenters. The zero-order chi connectivity index (χ0) is 17.1.